The summed E-state index contributed by atoms with van der Waals surface area (Å²) in [7, 11) is 1.64. The molecule has 4 heteroatoms. The second-order valence-electron chi connectivity index (χ2n) is 4.86. The third kappa shape index (κ3) is 4.60. The molecule has 2 rings (SSSR count). The number of benzene rings is 2. The molecule has 0 aliphatic heterocycles. The van der Waals surface area contributed by atoms with Gasteiger partial charge in [-0.1, -0.05) is 28.1 Å². The Morgan fingerprint density at radius 2 is 2.05 bits per heavy atom. The zero-order chi connectivity index (χ0) is 15.2. The fourth-order valence-electron chi connectivity index (χ4n) is 2.07. The zero-order valence-electron chi connectivity index (χ0n) is 12.2. The molecule has 21 heavy (non-hydrogen) atoms. The summed E-state index contributed by atoms with van der Waals surface area (Å²) >= 11 is 3.41. The van der Waals surface area contributed by atoms with Crippen LogP contribution in [-0.2, 0) is 11.2 Å². The lowest BCUT2D eigenvalue weighted by Gasteiger charge is -2.09. The fourth-order valence-corrected chi connectivity index (χ4v) is 2.54. The van der Waals surface area contributed by atoms with E-state index in [-0.39, 0.29) is 5.91 Å². The number of amides is 1. The average Bonchev–Trinajstić information content (AvgIpc) is 2.48. The van der Waals surface area contributed by atoms with E-state index in [9.17, 15) is 4.79 Å². The standard InChI is InChI=1S/C17H18BrNO2/c1-12-10-14(18)7-8-16(12)19-17(20)9-6-13-4-3-5-15(11-13)21-2/h3-5,7-8,10-11H,6,9H2,1-2H3,(H,19,20). The molecule has 0 saturated heterocycles. The third-order valence-electron chi connectivity index (χ3n) is 3.24. The summed E-state index contributed by atoms with van der Waals surface area (Å²) in [6, 6.07) is 13.6. The molecule has 0 fully saturated rings. The van der Waals surface area contributed by atoms with E-state index >= 15 is 0 Å². The molecule has 2 aromatic rings. The van der Waals surface area contributed by atoms with Gasteiger partial charge in [0, 0.05) is 16.6 Å². The van der Waals surface area contributed by atoms with Crippen molar-refractivity contribution >= 4 is 27.5 Å². The first-order valence-corrected chi connectivity index (χ1v) is 7.56. The van der Waals surface area contributed by atoms with Gasteiger partial charge in [0.2, 0.25) is 5.91 Å². The smallest absolute Gasteiger partial charge is 0.224 e. The first-order valence-electron chi connectivity index (χ1n) is 6.77. The van der Waals surface area contributed by atoms with Gasteiger partial charge in [-0.25, -0.2) is 0 Å². The van der Waals surface area contributed by atoms with Gasteiger partial charge in [-0.15, -0.1) is 0 Å². The lowest BCUT2D eigenvalue weighted by atomic mass is 10.1. The summed E-state index contributed by atoms with van der Waals surface area (Å²) in [5, 5.41) is 2.95. The van der Waals surface area contributed by atoms with E-state index in [0.717, 1.165) is 27.0 Å². The maximum atomic E-state index is 12.0. The van der Waals surface area contributed by atoms with E-state index < -0.39 is 0 Å². The van der Waals surface area contributed by atoms with Crippen LogP contribution >= 0.6 is 15.9 Å². The molecule has 0 bridgehead atoms. The van der Waals surface area contributed by atoms with Crippen LogP contribution in [0.25, 0.3) is 0 Å². The van der Waals surface area contributed by atoms with Crippen LogP contribution in [0, 0.1) is 6.92 Å². The van der Waals surface area contributed by atoms with Crippen LogP contribution in [-0.4, -0.2) is 13.0 Å². The van der Waals surface area contributed by atoms with Gasteiger partial charge in [-0.2, -0.15) is 0 Å². The van der Waals surface area contributed by atoms with Crippen LogP contribution in [0.3, 0.4) is 0 Å². The number of anilines is 1. The second-order valence-corrected chi connectivity index (χ2v) is 5.77. The Morgan fingerprint density at radius 3 is 2.76 bits per heavy atom. The summed E-state index contributed by atoms with van der Waals surface area (Å²) in [6.07, 6.45) is 1.14. The summed E-state index contributed by atoms with van der Waals surface area (Å²) in [4.78, 5) is 12.0. The van der Waals surface area contributed by atoms with Crippen LogP contribution in [0.2, 0.25) is 0 Å². The Morgan fingerprint density at radius 1 is 1.24 bits per heavy atom. The first-order chi connectivity index (χ1) is 10.1. The predicted molar refractivity (Wildman–Crippen MR) is 88.8 cm³/mol. The molecular weight excluding hydrogens is 330 g/mol. The molecule has 110 valence electrons. The number of nitrogens with one attached hydrogen (secondary N) is 1. The van der Waals surface area contributed by atoms with Crippen molar-refractivity contribution in [3.05, 3.63) is 58.1 Å². The molecule has 0 aliphatic carbocycles. The van der Waals surface area contributed by atoms with E-state index in [1.54, 1.807) is 7.11 Å². The van der Waals surface area contributed by atoms with Gasteiger partial charge in [-0.3, -0.25) is 4.79 Å². The number of methoxy groups -OCH3 is 1. The third-order valence-corrected chi connectivity index (χ3v) is 3.73. The highest BCUT2D eigenvalue weighted by Gasteiger charge is 2.06. The minimum absolute atomic E-state index is 0.0169. The highest BCUT2D eigenvalue weighted by Crippen LogP contribution is 2.20. The van der Waals surface area contributed by atoms with Crippen molar-refractivity contribution < 1.29 is 9.53 Å². The van der Waals surface area contributed by atoms with E-state index in [0.29, 0.717) is 12.8 Å². The lowest BCUT2D eigenvalue weighted by molar-refractivity contribution is -0.116. The molecule has 0 aliphatic rings. The lowest BCUT2D eigenvalue weighted by Crippen LogP contribution is -2.13. The van der Waals surface area contributed by atoms with E-state index in [1.807, 2.05) is 49.4 Å². The summed E-state index contributed by atoms with van der Waals surface area (Å²) in [6.45, 7) is 1.97. The van der Waals surface area contributed by atoms with Gasteiger partial charge in [0.1, 0.15) is 5.75 Å². The highest BCUT2D eigenvalue weighted by atomic mass is 79.9. The number of aryl methyl sites for hydroxylation is 2. The van der Waals surface area contributed by atoms with Crippen molar-refractivity contribution in [2.24, 2.45) is 0 Å². The van der Waals surface area contributed by atoms with Gasteiger partial charge in [-0.05, 0) is 54.8 Å². The minimum atomic E-state index is 0.0169. The number of rotatable bonds is 5. The van der Waals surface area contributed by atoms with Crippen molar-refractivity contribution in [1.82, 2.24) is 0 Å². The van der Waals surface area contributed by atoms with Gasteiger partial charge in [0.15, 0.2) is 0 Å². The topological polar surface area (TPSA) is 38.3 Å². The van der Waals surface area contributed by atoms with Crippen LogP contribution in [0.15, 0.2) is 46.9 Å². The molecule has 3 nitrogen and oxygen atoms in total. The second kappa shape index (κ2) is 7.27. The zero-order valence-corrected chi connectivity index (χ0v) is 13.7. The fraction of sp³-hybridized carbons (Fsp3) is 0.235. The SMILES string of the molecule is COc1cccc(CCC(=O)Nc2ccc(Br)cc2C)c1. The summed E-state index contributed by atoms with van der Waals surface area (Å²) < 4.78 is 6.19. The largest absolute Gasteiger partial charge is 0.497 e. The molecule has 0 atom stereocenters. The number of halogens is 1. The molecular formula is C17H18BrNO2. The van der Waals surface area contributed by atoms with E-state index in [4.69, 9.17) is 4.74 Å². The Labute approximate surface area is 133 Å². The monoisotopic (exact) mass is 347 g/mol. The molecule has 1 amide bonds. The molecule has 1 N–H and O–H groups in total. The molecule has 2 aromatic carbocycles. The van der Waals surface area contributed by atoms with Gasteiger partial charge in [0.05, 0.1) is 7.11 Å². The van der Waals surface area contributed by atoms with Crippen LogP contribution < -0.4 is 10.1 Å². The Kier molecular flexibility index (Phi) is 5.39. The van der Waals surface area contributed by atoms with Crippen molar-refractivity contribution in [2.75, 3.05) is 12.4 Å². The normalized spacial score (nSPS) is 10.2. The van der Waals surface area contributed by atoms with Gasteiger partial charge in [0.25, 0.3) is 0 Å². The first kappa shape index (κ1) is 15.6. The maximum Gasteiger partial charge on any atom is 0.224 e. The van der Waals surface area contributed by atoms with Crippen molar-refractivity contribution in [3.8, 4) is 5.75 Å². The van der Waals surface area contributed by atoms with E-state index in [2.05, 4.69) is 21.2 Å². The quantitative estimate of drug-likeness (QED) is 0.873. The number of hydrogen-bond donors (Lipinski definition) is 1. The van der Waals surface area contributed by atoms with Crippen LogP contribution in [0.4, 0.5) is 5.69 Å². The average molecular weight is 348 g/mol. The van der Waals surface area contributed by atoms with Crippen molar-refractivity contribution in [3.63, 3.8) is 0 Å². The molecule has 0 unspecified atom stereocenters. The van der Waals surface area contributed by atoms with Gasteiger partial charge < -0.3 is 10.1 Å². The van der Waals surface area contributed by atoms with Crippen LogP contribution in [0.1, 0.15) is 17.5 Å². The number of carbonyl (C=O) groups excluding carboxylic acids is 1. The van der Waals surface area contributed by atoms with Crippen molar-refractivity contribution in [2.45, 2.75) is 19.8 Å². The molecule has 0 aromatic heterocycles. The van der Waals surface area contributed by atoms with E-state index in [1.165, 1.54) is 0 Å². The molecule has 0 radical (unpaired) electrons. The molecule has 0 spiro atoms. The Hall–Kier alpha value is -1.81. The summed E-state index contributed by atoms with van der Waals surface area (Å²) in [5.74, 6) is 0.833. The number of carbonyl (C=O) groups is 1. The number of ether oxygens (including phenoxy) is 1. The minimum Gasteiger partial charge on any atom is -0.497 e. The van der Waals surface area contributed by atoms with Gasteiger partial charge >= 0.3 is 0 Å². The highest BCUT2D eigenvalue weighted by molar-refractivity contribution is 9.10. The van der Waals surface area contributed by atoms with Crippen LogP contribution in [0.5, 0.6) is 5.75 Å². The van der Waals surface area contributed by atoms with Crippen molar-refractivity contribution in [1.29, 1.82) is 0 Å². The summed E-state index contributed by atoms with van der Waals surface area (Å²) in [5.41, 5.74) is 2.99. The Bertz CT molecular complexity index is 640. The molecule has 0 heterocycles. The predicted octanol–water partition coefficient (Wildman–Crippen LogP) is 4.34. The maximum absolute atomic E-state index is 12.0. The Balaban J connectivity index is 1.92. The number of hydrogen-bond acceptors (Lipinski definition) is 2. The molecule has 0 saturated carbocycles.